The van der Waals surface area contributed by atoms with Crippen LogP contribution in [0.3, 0.4) is 0 Å². The average molecular weight is 595 g/mol. The molecule has 0 aliphatic heterocycles. The number of aryl methyl sites for hydroxylation is 2. The number of carbonyl (C=O) groups excluding carboxylic acids is 2. The first-order chi connectivity index (χ1) is 19.9. The van der Waals surface area contributed by atoms with E-state index >= 15 is 0 Å². The Morgan fingerprint density at radius 1 is 1.24 bits per heavy atom. The molecule has 2 aromatic rings. The van der Waals surface area contributed by atoms with Gasteiger partial charge in [0, 0.05) is 28.5 Å². The van der Waals surface area contributed by atoms with Crippen LogP contribution in [0, 0.1) is 30.1 Å². The summed E-state index contributed by atoms with van der Waals surface area (Å²) in [6.07, 6.45) is 8.14. The topological polar surface area (TPSA) is 102 Å². The zero-order valence-corrected chi connectivity index (χ0v) is 27.0. The van der Waals surface area contributed by atoms with Crippen LogP contribution in [0.1, 0.15) is 93.7 Å². The predicted molar refractivity (Wildman–Crippen MR) is 167 cm³/mol. The summed E-state index contributed by atoms with van der Waals surface area (Å²) in [6.45, 7) is 11.1. The van der Waals surface area contributed by atoms with E-state index in [0.717, 1.165) is 54.7 Å². The van der Waals surface area contributed by atoms with Crippen LogP contribution in [0.2, 0.25) is 0 Å². The molecule has 4 unspecified atom stereocenters. The number of benzene rings is 1. The number of amides is 1. The summed E-state index contributed by atoms with van der Waals surface area (Å²) in [5.74, 6) is 2.19. The van der Waals surface area contributed by atoms with Gasteiger partial charge in [-0.05, 0) is 98.8 Å². The highest BCUT2D eigenvalue weighted by Gasteiger charge is 2.57. The zero-order valence-electron chi connectivity index (χ0n) is 26.1. The SMILES string of the molecule is CNCC(=O)Oc1cc2c(cc1C(C)(C)C)C1CC[C@]3(C)/C(=N/OC)CC(CCC(=O)Nc4ncc(C)s4)C3C1CC2. The molecule has 8 nitrogen and oxygen atoms in total. The van der Waals surface area contributed by atoms with Crippen molar-refractivity contribution in [2.24, 2.45) is 28.3 Å². The van der Waals surface area contributed by atoms with Crippen LogP contribution in [0.15, 0.2) is 23.5 Å². The molecule has 2 fully saturated rings. The lowest BCUT2D eigenvalue weighted by Gasteiger charge is -2.50. The molecule has 5 rings (SSSR count). The highest BCUT2D eigenvalue weighted by Crippen LogP contribution is 2.63. The molecular weight excluding hydrogens is 548 g/mol. The van der Waals surface area contributed by atoms with Crippen LogP contribution >= 0.6 is 11.3 Å². The fraction of sp³-hybridized carbons (Fsp3) is 0.636. The third-order valence-corrected chi connectivity index (χ3v) is 10.7. The van der Waals surface area contributed by atoms with Crippen LogP contribution in [-0.4, -0.2) is 43.3 Å². The molecule has 0 radical (unpaired) electrons. The van der Waals surface area contributed by atoms with E-state index in [1.165, 1.54) is 22.5 Å². The van der Waals surface area contributed by atoms with Gasteiger partial charge >= 0.3 is 5.97 Å². The second-order valence-corrected chi connectivity index (χ2v) is 14.9. The standard InChI is InChI=1S/C33H46N4O4S/c1-19-17-35-31(42-19)36-28(38)11-9-21-15-27(37-40-7)33(5)13-12-22-23(30(21)33)10-8-20-14-26(41-29(39)18-34-6)25(16-24(20)22)32(2,3)4/h14,16-17,21-23,30,34H,8-13,15,18H2,1-7H3,(H,35,36,38)/b37-27+/t21?,22?,23?,30?,33-/m1/s1. The van der Waals surface area contributed by atoms with Gasteiger partial charge < -0.3 is 20.2 Å². The Kier molecular flexibility index (Phi) is 8.82. The van der Waals surface area contributed by atoms with Gasteiger partial charge in [-0.25, -0.2) is 4.98 Å². The lowest BCUT2D eigenvalue weighted by atomic mass is 9.53. The van der Waals surface area contributed by atoms with Gasteiger partial charge in [-0.1, -0.05) is 38.9 Å². The van der Waals surface area contributed by atoms with Crippen molar-refractivity contribution in [1.82, 2.24) is 10.3 Å². The Morgan fingerprint density at radius 2 is 2.02 bits per heavy atom. The Hall–Kier alpha value is -2.78. The van der Waals surface area contributed by atoms with Crippen molar-refractivity contribution < 1.29 is 19.2 Å². The lowest BCUT2D eigenvalue weighted by molar-refractivity contribution is -0.133. The number of thiazole rings is 1. The number of likely N-dealkylation sites (N-methyl/N-ethyl adjacent to an activating group) is 1. The Balaban J connectivity index is 1.43. The monoisotopic (exact) mass is 594 g/mol. The van der Waals surface area contributed by atoms with Crippen molar-refractivity contribution in [3.05, 3.63) is 39.9 Å². The van der Waals surface area contributed by atoms with E-state index in [-0.39, 0.29) is 29.3 Å². The molecule has 0 spiro atoms. The second-order valence-electron chi connectivity index (χ2n) is 13.6. The van der Waals surface area contributed by atoms with Crippen molar-refractivity contribution in [3.8, 4) is 5.75 Å². The largest absolute Gasteiger partial charge is 0.425 e. The molecule has 1 heterocycles. The zero-order chi connectivity index (χ0) is 30.2. The highest BCUT2D eigenvalue weighted by atomic mass is 32.1. The first-order valence-corrected chi connectivity index (χ1v) is 16.1. The molecular formula is C33H46N4O4S. The number of hydrogen-bond acceptors (Lipinski definition) is 8. The number of anilines is 1. The van der Waals surface area contributed by atoms with Gasteiger partial charge in [0.25, 0.3) is 0 Å². The van der Waals surface area contributed by atoms with E-state index in [1.54, 1.807) is 20.4 Å². The smallest absolute Gasteiger partial charge is 0.325 e. The van der Waals surface area contributed by atoms with E-state index in [4.69, 9.17) is 9.57 Å². The van der Waals surface area contributed by atoms with Gasteiger partial charge in [-0.3, -0.25) is 9.59 Å². The second kappa shape index (κ2) is 12.1. The number of esters is 1. The molecule has 5 atom stereocenters. The van der Waals surface area contributed by atoms with Gasteiger partial charge in [0.15, 0.2) is 5.13 Å². The van der Waals surface area contributed by atoms with Gasteiger partial charge in [-0.15, -0.1) is 11.3 Å². The van der Waals surface area contributed by atoms with Crippen LogP contribution < -0.4 is 15.4 Å². The van der Waals surface area contributed by atoms with E-state index in [0.29, 0.717) is 41.0 Å². The minimum absolute atomic E-state index is 0.0275. The first kappa shape index (κ1) is 30.7. The molecule has 2 N–H and O–H groups in total. The van der Waals surface area contributed by atoms with Crippen molar-refractivity contribution in [2.45, 2.75) is 90.9 Å². The molecule has 42 heavy (non-hydrogen) atoms. The molecule has 9 heteroatoms. The number of carbonyl (C=O) groups is 2. The normalized spacial score (nSPS) is 27.6. The number of ether oxygens (including phenoxy) is 1. The van der Waals surface area contributed by atoms with Crippen molar-refractivity contribution in [3.63, 3.8) is 0 Å². The number of rotatable bonds is 8. The number of oxime groups is 1. The summed E-state index contributed by atoms with van der Waals surface area (Å²) >= 11 is 1.51. The third-order valence-electron chi connectivity index (χ3n) is 9.86. The maximum Gasteiger partial charge on any atom is 0.325 e. The molecule has 1 aromatic carbocycles. The van der Waals surface area contributed by atoms with Crippen molar-refractivity contribution >= 4 is 34.1 Å². The van der Waals surface area contributed by atoms with Gasteiger partial charge in [0.1, 0.15) is 12.9 Å². The van der Waals surface area contributed by atoms with Crippen molar-refractivity contribution in [2.75, 3.05) is 26.0 Å². The number of aromatic nitrogens is 1. The Bertz CT molecular complexity index is 1360. The fourth-order valence-electron chi connectivity index (χ4n) is 8.08. The number of fused-ring (bicyclic) bond motifs is 5. The van der Waals surface area contributed by atoms with Crippen LogP contribution in [0.4, 0.5) is 5.13 Å². The van der Waals surface area contributed by atoms with Crippen LogP contribution in [0.25, 0.3) is 0 Å². The lowest BCUT2D eigenvalue weighted by Crippen LogP contribution is -2.44. The maximum atomic E-state index is 12.9. The molecule has 0 bridgehead atoms. The molecule has 1 aromatic heterocycles. The van der Waals surface area contributed by atoms with E-state index in [1.807, 2.05) is 6.92 Å². The summed E-state index contributed by atoms with van der Waals surface area (Å²) in [5.41, 5.74) is 4.76. The number of hydrogen-bond donors (Lipinski definition) is 2. The molecule has 0 saturated heterocycles. The van der Waals surface area contributed by atoms with E-state index in [2.05, 4.69) is 60.6 Å². The minimum Gasteiger partial charge on any atom is -0.425 e. The van der Waals surface area contributed by atoms with Gasteiger partial charge in [0.05, 0.1) is 12.3 Å². The summed E-state index contributed by atoms with van der Waals surface area (Å²) in [7, 11) is 3.39. The summed E-state index contributed by atoms with van der Waals surface area (Å²) in [4.78, 5) is 36.1. The minimum atomic E-state index is -0.266. The molecule has 3 aliphatic rings. The average Bonchev–Trinajstić information content (AvgIpc) is 3.46. The predicted octanol–water partition coefficient (Wildman–Crippen LogP) is 6.38. The maximum absolute atomic E-state index is 12.9. The van der Waals surface area contributed by atoms with E-state index in [9.17, 15) is 9.59 Å². The molecule has 1 amide bonds. The molecule has 228 valence electrons. The van der Waals surface area contributed by atoms with Crippen LogP contribution in [-0.2, 0) is 26.3 Å². The Labute approximate surface area is 254 Å². The van der Waals surface area contributed by atoms with Gasteiger partial charge in [0.2, 0.25) is 5.91 Å². The Morgan fingerprint density at radius 3 is 2.69 bits per heavy atom. The van der Waals surface area contributed by atoms with Crippen LogP contribution in [0.5, 0.6) is 5.75 Å². The summed E-state index contributed by atoms with van der Waals surface area (Å²) < 4.78 is 5.88. The molecule has 3 aliphatic carbocycles. The number of nitrogens with one attached hydrogen (secondary N) is 2. The van der Waals surface area contributed by atoms with Crippen molar-refractivity contribution in [1.29, 1.82) is 0 Å². The first-order valence-electron chi connectivity index (χ1n) is 15.3. The van der Waals surface area contributed by atoms with E-state index < -0.39 is 0 Å². The molecule has 2 saturated carbocycles. The van der Waals surface area contributed by atoms with Gasteiger partial charge in [-0.2, -0.15) is 0 Å². The summed E-state index contributed by atoms with van der Waals surface area (Å²) in [6, 6.07) is 4.48. The number of nitrogens with zero attached hydrogens (tertiary/aromatic N) is 2. The summed E-state index contributed by atoms with van der Waals surface area (Å²) in [5, 5.41) is 11.1. The fourth-order valence-corrected chi connectivity index (χ4v) is 8.76. The quantitative estimate of drug-likeness (QED) is 0.209. The third kappa shape index (κ3) is 6.00. The highest BCUT2D eigenvalue weighted by molar-refractivity contribution is 7.15.